The second kappa shape index (κ2) is 6.72. The molecule has 0 spiro atoms. The number of hydrogen-bond acceptors (Lipinski definition) is 3. The number of aldehydes is 1. The average molecular weight is 269 g/mol. The predicted molar refractivity (Wildman–Crippen MR) is 58.8 cm³/mol. The molecule has 1 amide bonds. The smallest absolute Gasteiger partial charge is 0.392 e. The Bertz CT molecular complexity index is 288. The summed E-state index contributed by atoms with van der Waals surface area (Å²) in [6.07, 6.45) is -4.69. The fraction of sp³-hybridized carbons (Fsp3) is 0.818. The van der Waals surface area contributed by atoms with Crippen LogP contribution in [0.15, 0.2) is 0 Å². The lowest BCUT2D eigenvalue weighted by atomic mass is 9.77. The van der Waals surface area contributed by atoms with Gasteiger partial charge in [-0.3, -0.25) is 4.79 Å². The minimum absolute atomic E-state index is 0.0950. The van der Waals surface area contributed by atoms with Gasteiger partial charge in [-0.25, -0.2) is 0 Å². The largest absolute Gasteiger partial charge is 0.471 e. The predicted octanol–water partition coefficient (Wildman–Crippen LogP) is 1.42. The van der Waals surface area contributed by atoms with E-state index in [0.717, 1.165) is 0 Å². The van der Waals surface area contributed by atoms with Gasteiger partial charge in [0.1, 0.15) is 6.29 Å². The van der Waals surface area contributed by atoms with Crippen molar-refractivity contribution in [3.05, 3.63) is 0 Å². The van der Waals surface area contributed by atoms with Gasteiger partial charge in [-0.05, 0) is 19.3 Å². The number of carbonyl (C=O) groups is 2. The molecule has 1 unspecified atom stereocenters. The van der Waals surface area contributed by atoms with Gasteiger partial charge in [0, 0.05) is 6.54 Å². The Hall–Kier alpha value is -1.11. The molecular weight excluding hydrogens is 251 g/mol. The molecule has 0 aromatic carbocycles. The summed E-state index contributed by atoms with van der Waals surface area (Å²) < 4.78 is 35.6. The lowest BCUT2D eigenvalue weighted by Crippen LogP contribution is -2.41. The summed E-state index contributed by atoms with van der Waals surface area (Å²) in [6, 6.07) is 0. The molecule has 0 aliphatic rings. The van der Waals surface area contributed by atoms with Gasteiger partial charge >= 0.3 is 12.1 Å². The lowest BCUT2D eigenvalue weighted by Gasteiger charge is -2.30. The number of aliphatic hydroxyl groups is 1. The fourth-order valence-corrected chi connectivity index (χ4v) is 1.68. The Labute approximate surface area is 104 Å². The molecule has 106 valence electrons. The van der Waals surface area contributed by atoms with E-state index in [1.165, 1.54) is 0 Å². The van der Waals surface area contributed by atoms with E-state index < -0.39 is 23.6 Å². The van der Waals surface area contributed by atoms with Crippen LogP contribution >= 0.6 is 0 Å². The molecule has 4 nitrogen and oxygen atoms in total. The minimum atomic E-state index is -4.93. The van der Waals surface area contributed by atoms with Crippen LogP contribution in [-0.4, -0.2) is 36.1 Å². The number of nitrogens with one attached hydrogen (secondary N) is 1. The van der Waals surface area contributed by atoms with Crippen molar-refractivity contribution in [2.24, 2.45) is 5.41 Å². The Kier molecular flexibility index (Phi) is 6.31. The third kappa shape index (κ3) is 4.29. The zero-order chi connectivity index (χ0) is 14.4. The first kappa shape index (κ1) is 16.9. The zero-order valence-corrected chi connectivity index (χ0v) is 10.4. The van der Waals surface area contributed by atoms with Gasteiger partial charge in [0.25, 0.3) is 0 Å². The third-order valence-electron chi connectivity index (χ3n) is 3.18. The van der Waals surface area contributed by atoms with E-state index in [4.69, 9.17) is 0 Å². The number of carbonyl (C=O) groups excluding carboxylic acids is 2. The molecule has 0 fully saturated rings. The molecule has 0 rings (SSSR count). The van der Waals surface area contributed by atoms with Crippen molar-refractivity contribution < 1.29 is 27.9 Å². The van der Waals surface area contributed by atoms with Crippen LogP contribution in [0.1, 0.15) is 33.1 Å². The number of hydrogen-bond donors (Lipinski definition) is 2. The number of rotatable bonds is 7. The Morgan fingerprint density at radius 3 is 2.17 bits per heavy atom. The van der Waals surface area contributed by atoms with E-state index in [1.54, 1.807) is 19.2 Å². The Balaban J connectivity index is 4.30. The first-order chi connectivity index (χ1) is 8.23. The molecule has 0 bridgehead atoms. The average Bonchev–Trinajstić information content (AvgIpc) is 2.30. The van der Waals surface area contributed by atoms with Gasteiger partial charge < -0.3 is 15.2 Å². The fourth-order valence-electron chi connectivity index (χ4n) is 1.68. The SMILES string of the molecule is CCC(C=O)(CC)C(O)CCNC(=O)C(F)(F)F. The van der Waals surface area contributed by atoms with Crippen molar-refractivity contribution in [2.45, 2.75) is 45.4 Å². The molecule has 0 saturated heterocycles. The van der Waals surface area contributed by atoms with Crippen LogP contribution < -0.4 is 5.32 Å². The van der Waals surface area contributed by atoms with Crippen LogP contribution in [-0.2, 0) is 9.59 Å². The van der Waals surface area contributed by atoms with E-state index in [9.17, 15) is 27.9 Å². The summed E-state index contributed by atoms with van der Waals surface area (Å²) in [5, 5.41) is 11.5. The summed E-state index contributed by atoms with van der Waals surface area (Å²) in [6.45, 7) is 3.11. The van der Waals surface area contributed by atoms with E-state index in [-0.39, 0.29) is 13.0 Å². The van der Waals surface area contributed by atoms with Crippen molar-refractivity contribution in [2.75, 3.05) is 6.54 Å². The molecular formula is C11H18F3NO3. The lowest BCUT2D eigenvalue weighted by molar-refractivity contribution is -0.173. The van der Waals surface area contributed by atoms with Crippen molar-refractivity contribution in [3.8, 4) is 0 Å². The maximum absolute atomic E-state index is 11.9. The van der Waals surface area contributed by atoms with Crippen LogP contribution in [0.2, 0.25) is 0 Å². The van der Waals surface area contributed by atoms with Crippen LogP contribution in [0, 0.1) is 5.41 Å². The second-order valence-corrected chi connectivity index (χ2v) is 4.12. The maximum atomic E-state index is 11.9. The Morgan fingerprint density at radius 1 is 1.33 bits per heavy atom. The van der Waals surface area contributed by atoms with E-state index in [2.05, 4.69) is 0 Å². The third-order valence-corrected chi connectivity index (χ3v) is 3.18. The first-order valence-electron chi connectivity index (χ1n) is 5.73. The summed E-state index contributed by atoms with van der Waals surface area (Å²) in [4.78, 5) is 21.5. The minimum Gasteiger partial charge on any atom is -0.392 e. The number of halogens is 3. The number of aliphatic hydroxyl groups excluding tert-OH is 1. The summed E-state index contributed by atoms with van der Waals surface area (Å²) in [7, 11) is 0. The summed E-state index contributed by atoms with van der Waals surface area (Å²) in [5.74, 6) is -2.04. The highest BCUT2D eigenvalue weighted by atomic mass is 19.4. The van der Waals surface area contributed by atoms with Gasteiger partial charge in [-0.1, -0.05) is 13.8 Å². The quantitative estimate of drug-likeness (QED) is 0.687. The van der Waals surface area contributed by atoms with Crippen molar-refractivity contribution in [3.63, 3.8) is 0 Å². The van der Waals surface area contributed by atoms with Crippen LogP contribution in [0.4, 0.5) is 13.2 Å². The monoisotopic (exact) mass is 269 g/mol. The van der Waals surface area contributed by atoms with E-state index in [0.29, 0.717) is 19.1 Å². The molecule has 0 aromatic heterocycles. The van der Waals surface area contributed by atoms with Crippen LogP contribution in [0.25, 0.3) is 0 Å². The number of amides is 1. The first-order valence-corrected chi connectivity index (χ1v) is 5.73. The molecule has 0 aliphatic heterocycles. The van der Waals surface area contributed by atoms with Crippen LogP contribution in [0.3, 0.4) is 0 Å². The summed E-state index contributed by atoms with van der Waals surface area (Å²) >= 11 is 0. The maximum Gasteiger partial charge on any atom is 0.471 e. The van der Waals surface area contributed by atoms with Gasteiger partial charge in [-0.2, -0.15) is 13.2 Å². The highest BCUT2D eigenvalue weighted by molar-refractivity contribution is 5.81. The van der Waals surface area contributed by atoms with Crippen molar-refractivity contribution in [1.29, 1.82) is 0 Å². The topological polar surface area (TPSA) is 66.4 Å². The van der Waals surface area contributed by atoms with Gasteiger partial charge in [0.2, 0.25) is 0 Å². The molecule has 0 heterocycles. The second-order valence-electron chi connectivity index (χ2n) is 4.12. The normalized spacial score (nSPS) is 14.1. The molecule has 18 heavy (non-hydrogen) atoms. The van der Waals surface area contributed by atoms with Crippen molar-refractivity contribution in [1.82, 2.24) is 5.32 Å². The number of alkyl halides is 3. The standard InChI is InChI=1S/C11H18F3NO3/c1-3-10(4-2,7-16)8(17)5-6-15-9(18)11(12,13)14/h7-8,17H,3-6H2,1-2H3,(H,15,18). The van der Waals surface area contributed by atoms with Gasteiger partial charge in [-0.15, -0.1) is 0 Å². The molecule has 0 aromatic rings. The molecule has 0 radical (unpaired) electrons. The highest BCUT2D eigenvalue weighted by Crippen LogP contribution is 2.29. The van der Waals surface area contributed by atoms with Gasteiger partial charge in [0.05, 0.1) is 11.5 Å². The molecule has 0 aliphatic carbocycles. The molecule has 7 heteroatoms. The van der Waals surface area contributed by atoms with Crippen LogP contribution in [0.5, 0.6) is 0 Å². The molecule has 1 atom stereocenters. The van der Waals surface area contributed by atoms with E-state index >= 15 is 0 Å². The van der Waals surface area contributed by atoms with E-state index in [1.807, 2.05) is 0 Å². The summed E-state index contributed by atoms with van der Waals surface area (Å²) in [5.41, 5.74) is -0.955. The highest BCUT2D eigenvalue weighted by Gasteiger charge is 2.39. The zero-order valence-electron chi connectivity index (χ0n) is 10.4. The Morgan fingerprint density at radius 2 is 1.83 bits per heavy atom. The molecule has 2 N–H and O–H groups in total. The van der Waals surface area contributed by atoms with Gasteiger partial charge in [0.15, 0.2) is 0 Å². The van der Waals surface area contributed by atoms with Crippen molar-refractivity contribution >= 4 is 12.2 Å². The molecule has 0 saturated carbocycles.